The number of imidazole rings is 1. The summed E-state index contributed by atoms with van der Waals surface area (Å²) < 4.78 is 2.02. The maximum absolute atomic E-state index is 6.17. The minimum atomic E-state index is -0.00117. The second-order valence-electron chi connectivity index (χ2n) is 5.23. The predicted octanol–water partition coefficient (Wildman–Crippen LogP) is 2.59. The van der Waals surface area contributed by atoms with Crippen molar-refractivity contribution in [2.75, 3.05) is 7.05 Å². The molecular formula is C15H21ClN4. The summed E-state index contributed by atoms with van der Waals surface area (Å²) in [5, 5.41) is 0.735. The minimum absolute atomic E-state index is 0.00117. The summed E-state index contributed by atoms with van der Waals surface area (Å²) in [4.78, 5) is 6.57. The number of hydrogen-bond acceptors (Lipinski definition) is 3. The molecule has 0 spiro atoms. The number of aromatic nitrogens is 2. The average Bonchev–Trinajstić information content (AvgIpc) is 2.74. The molecule has 0 aliphatic heterocycles. The molecule has 1 heterocycles. The molecule has 1 aromatic heterocycles. The van der Waals surface area contributed by atoms with E-state index in [0.717, 1.165) is 23.0 Å². The number of halogens is 1. The molecule has 108 valence electrons. The van der Waals surface area contributed by atoms with Gasteiger partial charge in [-0.15, -0.1) is 0 Å². The lowest BCUT2D eigenvalue weighted by Crippen LogP contribution is -2.37. The fourth-order valence-electron chi connectivity index (χ4n) is 2.52. The Morgan fingerprint density at radius 3 is 2.75 bits per heavy atom. The van der Waals surface area contributed by atoms with Crippen LogP contribution in [0.3, 0.4) is 0 Å². The highest BCUT2D eigenvalue weighted by atomic mass is 35.5. The van der Waals surface area contributed by atoms with Gasteiger partial charge >= 0.3 is 0 Å². The first-order valence-electron chi connectivity index (χ1n) is 6.66. The average molecular weight is 293 g/mol. The van der Waals surface area contributed by atoms with Gasteiger partial charge in [0.1, 0.15) is 5.82 Å². The van der Waals surface area contributed by atoms with Gasteiger partial charge in [0.2, 0.25) is 0 Å². The van der Waals surface area contributed by atoms with Crippen molar-refractivity contribution >= 4 is 11.6 Å². The van der Waals surface area contributed by atoms with Crippen LogP contribution in [0.2, 0.25) is 5.02 Å². The van der Waals surface area contributed by atoms with Crippen LogP contribution in [0.5, 0.6) is 0 Å². The van der Waals surface area contributed by atoms with Gasteiger partial charge in [-0.05, 0) is 31.7 Å². The maximum atomic E-state index is 6.17. The fourth-order valence-corrected chi connectivity index (χ4v) is 2.72. The van der Waals surface area contributed by atoms with Crippen LogP contribution in [0.15, 0.2) is 36.7 Å². The molecule has 4 nitrogen and oxygen atoms in total. The van der Waals surface area contributed by atoms with Gasteiger partial charge in [0.25, 0.3) is 0 Å². The molecule has 20 heavy (non-hydrogen) atoms. The summed E-state index contributed by atoms with van der Waals surface area (Å²) in [7, 11) is 4.06. The topological polar surface area (TPSA) is 47.1 Å². The normalized spacial score (nSPS) is 14.5. The highest BCUT2D eigenvalue weighted by Gasteiger charge is 2.22. The standard InChI is InChI=1S/C15H21ClN4/c1-11(17)15(12-5-4-6-13(16)9-12)20(3)10-14-18-7-8-19(14)2/h4-9,11,15H,10,17H2,1-3H3. The first kappa shape index (κ1) is 15.0. The summed E-state index contributed by atoms with van der Waals surface area (Å²) in [6.45, 7) is 2.75. The number of nitrogens with two attached hydrogens (primary N) is 1. The summed E-state index contributed by atoms with van der Waals surface area (Å²) >= 11 is 6.09. The molecule has 2 atom stereocenters. The second-order valence-corrected chi connectivity index (χ2v) is 5.66. The molecule has 2 N–H and O–H groups in total. The molecule has 2 rings (SSSR count). The van der Waals surface area contributed by atoms with E-state index in [0.29, 0.717) is 0 Å². The number of benzene rings is 1. The zero-order valence-electron chi connectivity index (χ0n) is 12.1. The minimum Gasteiger partial charge on any atom is -0.337 e. The van der Waals surface area contributed by atoms with Gasteiger partial charge in [-0.25, -0.2) is 4.98 Å². The van der Waals surface area contributed by atoms with Crippen LogP contribution in [0.25, 0.3) is 0 Å². The van der Waals surface area contributed by atoms with Gasteiger partial charge in [0.05, 0.1) is 6.54 Å². The van der Waals surface area contributed by atoms with Crippen LogP contribution >= 0.6 is 11.6 Å². The van der Waals surface area contributed by atoms with Crippen molar-refractivity contribution < 1.29 is 0 Å². The smallest absolute Gasteiger partial charge is 0.122 e. The molecule has 0 saturated heterocycles. The molecule has 0 aliphatic carbocycles. The lowest BCUT2D eigenvalue weighted by molar-refractivity contribution is 0.204. The second kappa shape index (κ2) is 6.39. The predicted molar refractivity (Wildman–Crippen MR) is 82.5 cm³/mol. The van der Waals surface area contributed by atoms with Crippen molar-refractivity contribution in [3.05, 3.63) is 53.1 Å². The Hall–Kier alpha value is -1.36. The molecule has 0 saturated carbocycles. The Kier molecular flexibility index (Phi) is 4.81. The Balaban J connectivity index is 2.22. The van der Waals surface area contributed by atoms with E-state index in [1.165, 1.54) is 0 Å². The van der Waals surface area contributed by atoms with Crippen molar-refractivity contribution in [1.82, 2.24) is 14.5 Å². The van der Waals surface area contributed by atoms with E-state index >= 15 is 0 Å². The maximum Gasteiger partial charge on any atom is 0.122 e. The number of nitrogens with zero attached hydrogens (tertiary/aromatic N) is 3. The van der Waals surface area contributed by atoms with Gasteiger partial charge in [-0.3, -0.25) is 4.90 Å². The van der Waals surface area contributed by atoms with E-state index in [9.17, 15) is 0 Å². The quantitative estimate of drug-likeness (QED) is 0.921. The molecule has 0 fully saturated rings. The van der Waals surface area contributed by atoms with Crippen LogP contribution in [0.1, 0.15) is 24.4 Å². The lowest BCUT2D eigenvalue weighted by atomic mass is 9.99. The Bertz CT molecular complexity index is 565. The third-order valence-electron chi connectivity index (χ3n) is 3.47. The monoisotopic (exact) mass is 292 g/mol. The molecule has 0 bridgehead atoms. The molecule has 1 aromatic carbocycles. The summed E-state index contributed by atoms with van der Waals surface area (Å²) in [6, 6.07) is 7.98. The Morgan fingerprint density at radius 2 is 2.20 bits per heavy atom. The van der Waals surface area contributed by atoms with Gasteiger partial charge in [-0.2, -0.15) is 0 Å². The van der Waals surface area contributed by atoms with Crippen molar-refractivity contribution in [2.45, 2.75) is 25.6 Å². The van der Waals surface area contributed by atoms with Crippen LogP contribution in [0.4, 0.5) is 0 Å². The van der Waals surface area contributed by atoms with E-state index in [4.69, 9.17) is 17.3 Å². The van der Waals surface area contributed by atoms with Crippen LogP contribution in [0, 0.1) is 0 Å². The van der Waals surface area contributed by atoms with Crippen LogP contribution in [-0.2, 0) is 13.6 Å². The third-order valence-corrected chi connectivity index (χ3v) is 3.71. The van der Waals surface area contributed by atoms with Gasteiger partial charge in [0, 0.05) is 36.5 Å². The number of hydrogen-bond donors (Lipinski definition) is 1. The number of likely N-dealkylation sites (N-methyl/N-ethyl adjacent to an activating group) is 1. The first-order valence-corrected chi connectivity index (χ1v) is 7.04. The van der Waals surface area contributed by atoms with E-state index in [1.54, 1.807) is 0 Å². The van der Waals surface area contributed by atoms with Crippen LogP contribution < -0.4 is 5.73 Å². The molecule has 5 heteroatoms. The molecular weight excluding hydrogens is 272 g/mol. The molecule has 0 amide bonds. The van der Waals surface area contributed by atoms with E-state index in [1.807, 2.05) is 49.1 Å². The highest BCUT2D eigenvalue weighted by molar-refractivity contribution is 6.30. The van der Waals surface area contributed by atoms with Crippen molar-refractivity contribution in [2.24, 2.45) is 12.8 Å². The zero-order chi connectivity index (χ0) is 14.7. The van der Waals surface area contributed by atoms with Crippen molar-refractivity contribution in [1.29, 1.82) is 0 Å². The SMILES string of the molecule is CC(N)C(c1cccc(Cl)c1)N(C)Cc1nccn1C. The highest BCUT2D eigenvalue weighted by Crippen LogP contribution is 2.25. The largest absolute Gasteiger partial charge is 0.337 e. The van der Waals surface area contributed by atoms with E-state index < -0.39 is 0 Å². The summed E-state index contributed by atoms with van der Waals surface area (Å²) in [5.74, 6) is 1.01. The van der Waals surface area contributed by atoms with Crippen molar-refractivity contribution in [3.63, 3.8) is 0 Å². The van der Waals surface area contributed by atoms with Gasteiger partial charge in [-0.1, -0.05) is 23.7 Å². The molecule has 2 aromatic rings. The first-order chi connectivity index (χ1) is 9.49. The van der Waals surface area contributed by atoms with Gasteiger partial charge < -0.3 is 10.3 Å². The zero-order valence-corrected chi connectivity index (χ0v) is 12.9. The van der Waals surface area contributed by atoms with E-state index in [2.05, 4.69) is 23.0 Å². The molecule has 2 unspecified atom stereocenters. The number of rotatable bonds is 5. The number of aryl methyl sites for hydroxylation is 1. The molecule has 0 aliphatic rings. The Labute approximate surface area is 125 Å². The van der Waals surface area contributed by atoms with Gasteiger partial charge in [0.15, 0.2) is 0 Å². The third kappa shape index (κ3) is 3.39. The molecule has 0 radical (unpaired) electrons. The van der Waals surface area contributed by atoms with E-state index in [-0.39, 0.29) is 12.1 Å². The fraction of sp³-hybridized carbons (Fsp3) is 0.400. The summed E-state index contributed by atoms with van der Waals surface area (Å²) in [6.07, 6.45) is 3.76. The summed E-state index contributed by atoms with van der Waals surface area (Å²) in [5.41, 5.74) is 7.30. The van der Waals surface area contributed by atoms with Crippen LogP contribution in [-0.4, -0.2) is 27.5 Å². The Morgan fingerprint density at radius 1 is 1.45 bits per heavy atom. The van der Waals surface area contributed by atoms with Crippen molar-refractivity contribution in [3.8, 4) is 0 Å². The lowest BCUT2D eigenvalue weighted by Gasteiger charge is -2.31.